The number of hydrogen-bond acceptors (Lipinski definition) is 6. The van der Waals surface area contributed by atoms with Crippen molar-refractivity contribution < 1.29 is 14.3 Å². The molecule has 0 spiro atoms. The molecule has 0 aliphatic carbocycles. The van der Waals surface area contributed by atoms with Crippen molar-refractivity contribution in [1.29, 1.82) is 0 Å². The van der Waals surface area contributed by atoms with E-state index in [4.69, 9.17) is 9.47 Å². The number of piperazine rings is 1. The number of aromatic nitrogens is 2. The Morgan fingerprint density at radius 2 is 2.11 bits per heavy atom. The van der Waals surface area contributed by atoms with Crippen molar-refractivity contribution in [2.24, 2.45) is 0 Å². The number of nitrogens with one attached hydrogen (secondary N) is 1. The van der Waals surface area contributed by atoms with Gasteiger partial charge in [-0.1, -0.05) is 18.2 Å². The molecule has 7 heteroatoms. The average molecular weight is 384 g/mol. The number of esters is 1. The summed E-state index contributed by atoms with van der Waals surface area (Å²) < 4.78 is 12.6. The average Bonchev–Trinajstić information content (AvgIpc) is 3.20. The molecule has 1 aliphatic rings. The second-order valence-corrected chi connectivity index (χ2v) is 6.64. The van der Waals surface area contributed by atoms with E-state index in [2.05, 4.69) is 25.8 Å². The largest absolute Gasteiger partial charge is 0.496 e. The first-order chi connectivity index (χ1) is 13.7. The first-order valence-electron chi connectivity index (χ1n) is 9.65. The molecule has 1 saturated heterocycles. The van der Waals surface area contributed by atoms with Gasteiger partial charge in [0.15, 0.2) is 0 Å². The molecule has 28 heavy (non-hydrogen) atoms. The van der Waals surface area contributed by atoms with Gasteiger partial charge >= 0.3 is 5.97 Å². The van der Waals surface area contributed by atoms with E-state index in [0.717, 1.165) is 44.0 Å². The van der Waals surface area contributed by atoms with Crippen LogP contribution in [0.2, 0.25) is 0 Å². The SMILES string of the molecule is CCOC(=O)C=Cc1cn(C(CN2CCNCC2)c2ccccc2OC)cn1. The van der Waals surface area contributed by atoms with Gasteiger partial charge in [0.1, 0.15) is 5.75 Å². The summed E-state index contributed by atoms with van der Waals surface area (Å²) in [7, 11) is 1.70. The molecule has 1 aromatic carbocycles. The van der Waals surface area contributed by atoms with Crippen LogP contribution in [0.5, 0.6) is 5.75 Å². The molecule has 1 fully saturated rings. The molecule has 0 amide bonds. The molecule has 1 atom stereocenters. The van der Waals surface area contributed by atoms with Crippen LogP contribution < -0.4 is 10.1 Å². The number of imidazole rings is 1. The van der Waals surface area contributed by atoms with Gasteiger partial charge in [0.05, 0.1) is 31.8 Å². The van der Waals surface area contributed by atoms with Crippen molar-refractivity contribution in [1.82, 2.24) is 19.8 Å². The second-order valence-electron chi connectivity index (χ2n) is 6.64. The molecule has 3 rings (SSSR count). The van der Waals surface area contributed by atoms with Gasteiger partial charge in [-0.25, -0.2) is 9.78 Å². The van der Waals surface area contributed by atoms with E-state index >= 15 is 0 Å². The van der Waals surface area contributed by atoms with Gasteiger partial charge in [-0.15, -0.1) is 0 Å². The Hall–Kier alpha value is -2.64. The summed E-state index contributed by atoms with van der Waals surface area (Å²) in [4.78, 5) is 18.4. The van der Waals surface area contributed by atoms with Crippen LogP contribution in [-0.2, 0) is 9.53 Å². The van der Waals surface area contributed by atoms with Gasteiger partial charge in [0, 0.05) is 50.6 Å². The van der Waals surface area contributed by atoms with Gasteiger partial charge in [0.25, 0.3) is 0 Å². The zero-order chi connectivity index (χ0) is 19.8. The molecule has 2 aromatic rings. The maximum absolute atomic E-state index is 11.6. The van der Waals surface area contributed by atoms with Gasteiger partial charge in [-0.2, -0.15) is 0 Å². The number of benzene rings is 1. The van der Waals surface area contributed by atoms with Crippen LogP contribution in [0.15, 0.2) is 42.9 Å². The third-order valence-corrected chi connectivity index (χ3v) is 4.80. The van der Waals surface area contributed by atoms with E-state index in [0.29, 0.717) is 12.3 Å². The van der Waals surface area contributed by atoms with Crippen molar-refractivity contribution in [2.45, 2.75) is 13.0 Å². The minimum Gasteiger partial charge on any atom is -0.496 e. The molecule has 1 aliphatic heterocycles. The Morgan fingerprint density at radius 3 is 2.86 bits per heavy atom. The predicted octanol–water partition coefficient (Wildman–Crippen LogP) is 1.96. The topological polar surface area (TPSA) is 68.6 Å². The molecule has 2 heterocycles. The zero-order valence-electron chi connectivity index (χ0n) is 16.5. The Kier molecular flexibility index (Phi) is 7.22. The van der Waals surface area contributed by atoms with Crippen molar-refractivity contribution >= 4 is 12.0 Å². The minimum atomic E-state index is -0.362. The van der Waals surface area contributed by atoms with E-state index in [9.17, 15) is 4.79 Å². The van der Waals surface area contributed by atoms with Crippen LogP contribution >= 0.6 is 0 Å². The Morgan fingerprint density at radius 1 is 1.32 bits per heavy atom. The maximum Gasteiger partial charge on any atom is 0.330 e. The molecular weight excluding hydrogens is 356 g/mol. The molecule has 0 radical (unpaired) electrons. The summed E-state index contributed by atoms with van der Waals surface area (Å²) in [6.45, 7) is 7.02. The summed E-state index contributed by atoms with van der Waals surface area (Å²) in [5.41, 5.74) is 1.83. The van der Waals surface area contributed by atoms with Crippen molar-refractivity contribution in [3.63, 3.8) is 0 Å². The number of methoxy groups -OCH3 is 1. The van der Waals surface area contributed by atoms with Gasteiger partial charge in [-0.3, -0.25) is 4.90 Å². The normalized spacial score (nSPS) is 16.2. The van der Waals surface area contributed by atoms with Gasteiger partial charge in [-0.05, 0) is 19.1 Å². The molecule has 1 unspecified atom stereocenters. The lowest BCUT2D eigenvalue weighted by Gasteiger charge is -2.32. The van der Waals surface area contributed by atoms with E-state index in [1.165, 1.54) is 6.08 Å². The summed E-state index contributed by atoms with van der Waals surface area (Å²) in [5, 5.41) is 3.39. The lowest BCUT2D eigenvalue weighted by molar-refractivity contribution is -0.137. The monoisotopic (exact) mass is 384 g/mol. The zero-order valence-corrected chi connectivity index (χ0v) is 16.5. The standard InChI is InChI=1S/C21H28N4O3/c1-3-28-21(26)9-8-17-14-25(16-23-17)19(15-24-12-10-22-11-13-24)18-6-4-5-7-20(18)27-2/h4-9,14,16,19,22H,3,10-13,15H2,1-2H3. The minimum absolute atomic E-state index is 0.0616. The fourth-order valence-electron chi connectivity index (χ4n) is 3.39. The molecule has 1 N–H and O–H groups in total. The second kappa shape index (κ2) is 10.1. The molecular formula is C21H28N4O3. The number of ether oxygens (including phenoxy) is 2. The predicted molar refractivity (Wildman–Crippen MR) is 108 cm³/mol. The fourth-order valence-corrected chi connectivity index (χ4v) is 3.39. The first-order valence-corrected chi connectivity index (χ1v) is 9.65. The van der Waals surface area contributed by atoms with Gasteiger partial charge in [0.2, 0.25) is 0 Å². The van der Waals surface area contributed by atoms with Crippen LogP contribution in [0.3, 0.4) is 0 Å². The van der Waals surface area contributed by atoms with Crippen LogP contribution in [-0.4, -0.2) is 66.9 Å². The smallest absolute Gasteiger partial charge is 0.330 e. The first kappa shape index (κ1) is 20.1. The number of carbonyl (C=O) groups is 1. The summed E-state index contributed by atoms with van der Waals surface area (Å²) in [6, 6.07) is 8.15. The van der Waals surface area contributed by atoms with Crippen molar-refractivity contribution in [3.05, 3.63) is 54.1 Å². The lowest BCUT2D eigenvalue weighted by Crippen LogP contribution is -2.45. The lowest BCUT2D eigenvalue weighted by atomic mass is 10.0. The molecule has 1 aromatic heterocycles. The van der Waals surface area contributed by atoms with Crippen molar-refractivity contribution in [3.8, 4) is 5.75 Å². The van der Waals surface area contributed by atoms with Crippen molar-refractivity contribution in [2.75, 3.05) is 46.4 Å². The Labute approximate surface area is 166 Å². The number of carbonyl (C=O) groups excluding carboxylic acids is 1. The highest BCUT2D eigenvalue weighted by Gasteiger charge is 2.22. The summed E-state index contributed by atoms with van der Waals surface area (Å²) >= 11 is 0. The van der Waals surface area contributed by atoms with Crippen LogP contribution in [0, 0.1) is 0 Å². The van der Waals surface area contributed by atoms with Gasteiger partial charge < -0.3 is 19.4 Å². The summed E-state index contributed by atoms with van der Waals surface area (Å²) in [6.07, 6.45) is 6.85. The van der Waals surface area contributed by atoms with Crippen LogP contribution in [0.1, 0.15) is 24.2 Å². The molecule has 150 valence electrons. The highest BCUT2D eigenvalue weighted by Crippen LogP contribution is 2.29. The van der Waals surface area contributed by atoms with E-state index < -0.39 is 0 Å². The number of para-hydroxylation sites is 1. The van der Waals surface area contributed by atoms with E-state index in [-0.39, 0.29) is 12.0 Å². The van der Waals surface area contributed by atoms with Crippen LogP contribution in [0.25, 0.3) is 6.08 Å². The quantitative estimate of drug-likeness (QED) is 0.554. The number of nitrogens with zero attached hydrogens (tertiary/aromatic N) is 3. The number of rotatable bonds is 8. The third kappa shape index (κ3) is 5.21. The highest BCUT2D eigenvalue weighted by atomic mass is 16.5. The van der Waals surface area contributed by atoms with Crippen LogP contribution in [0.4, 0.5) is 0 Å². The highest BCUT2D eigenvalue weighted by molar-refractivity contribution is 5.86. The number of hydrogen-bond donors (Lipinski definition) is 1. The van der Waals surface area contributed by atoms with E-state index in [1.807, 2.05) is 30.7 Å². The summed E-state index contributed by atoms with van der Waals surface area (Å²) in [5.74, 6) is 0.499. The van der Waals surface area contributed by atoms with E-state index in [1.54, 1.807) is 20.1 Å². The molecule has 0 saturated carbocycles. The third-order valence-electron chi connectivity index (χ3n) is 4.80. The fraction of sp³-hybridized carbons (Fsp3) is 0.429. The Bertz CT molecular complexity index is 796. The maximum atomic E-state index is 11.6. The molecule has 7 nitrogen and oxygen atoms in total. The Balaban J connectivity index is 1.85. The molecule has 0 bridgehead atoms.